The first-order chi connectivity index (χ1) is 10.8. The predicted molar refractivity (Wildman–Crippen MR) is 111 cm³/mol. The third kappa shape index (κ3) is 4.44. The molecular formula is C16H32O4Si4. The molecule has 1 rings (SSSR count). The Hall–Kier alpha value is -0.332. The molecule has 0 spiro atoms. The van der Waals surface area contributed by atoms with E-state index in [2.05, 4.69) is 26.3 Å². The van der Waals surface area contributed by atoms with E-state index in [0.717, 1.165) is 0 Å². The Morgan fingerprint density at radius 1 is 0.667 bits per heavy atom. The Morgan fingerprint density at radius 3 is 1.29 bits per heavy atom. The van der Waals surface area contributed by atoms with E-state index in [-0.39, 0.29) is 0 Å². The summed E-state index contributed by atoms with van der Waals surface area (Å²) in [7, 11) is -10.3. The zero-order valence-electron chi connectivity index (χ0n) is 16.0. The van der Waals surface area contributed by atoms with Gasteiger partial charge in [-0.2, -0.15) is 0 Å². The summed E-state index contributed by atoms with van der Waals surface area (Å²) in [4.78, 5) is 0. The number of allylic oxidation sites excluding steroid dienone is 4. The Morgan fingerprint density at radius 2 is 1.00 bits per heavy atom. The SMILES string of the molecule is C=CC[Si]1(C(C=C)(C=C)C=C)O[Si](C)(C)O[Si](C)(C)O[Si](C)(C)O1. The highest BCUT2D eigenvalue weighted by molar-refractivity contribution is 6.94. The van der Waals surface area contributed by atoms with Gasteiger partial charge in [-0.25, -0.2) is 0 Å². The van der Waals surface area contributed by atoms with Crippen LogP contribution < -0.4 is 0 Å². The number of hydrogen-bond acceptors (Lipinski definition) is 4. The largest absolute Gasteiger partial charge is 0.416 e. The zero-order chi connectivity index (χ0) is 18.9. The maximum atomic E-state index is 6.75. The normalized spacial score (nSPS) is 24.9. The Balaban J connectivity index is 3.61. The average Bonchev–Trinajstić information content (AvgIpc) is 2.35. The second-order valence-electron chi connectivity index (χ2n) is 7.40. The van der Waals surface area contributed by atoms with Crippen LogP contribution in [0.5, 0.6) is 0 Å². The van der Waals surface area contributed by atoms with Crippen molar-refractivity contribution in [1.29, 1.82) is 0 Å². The van der Waals surface area contributed by atoms with Crippen molar-refractivity contribution in [2.45, 2.75) is 50.4 Å². The fourth-order valence-electron chi connectivity index (χ4n) is 3.40. The fraction of sp³-hybridized carbons (Fsp3) is 0.500. The topological polar surface area (TPSA) is 36.9 Å². The van der Waals surface area contributed by atoms with Gasteiger partial charge in [0.05, 0.1) is 5.04 Å². The first-order valence-electron chi connectivity index (χ1n) is 8.14. The summed E-state index contributed by atoms with van der Waals surface area (Å²) >= 11 is 0. The van der Waals surface area contributed by atoms with Crippen molar-refractivity contribution in [2.24, 2.45) is 0 Å². The van der Waals surface area contributed by atoms with Gasteiger partial charge in [0.1, 0.15) is 0 Å². The average molecular weight is 401 g/mol. The Kier molecular flexibility index (Phi) is 6.44. The van der Waals surface area contributed by atoms with E-state index in [4.69, 9.17) is 16.5 Å². The molecule has 0 atom stereocenters. The predicted octanol–water partition coefficient (Wildman–Crippen LogP) is 5.10. The van der Waals surface area contributed by atoms with Crippen LogP contribution in [0.4, 0.5) is 0 Å². The fourth-order valence-corrected chi connectivity index (χ4v) is 25.1. The summed E-state index contributed by atoms with van der Waals surface area (Å²) in [5.41, 5.74) is 0. The van der Waals surface area contributed by atoms with Gasteiger partial charge in [0.15, 0.2) is 0 Å². The van der Waals surface area contributed by atoms with E-state index in [1.165, 1.54) is 0 Å². The van der Waals surface area contributed by atoms with Gasteiger partial charge < -0.3 is 16.5 Å². The zero-order valence-corrected chi connectivity index (χ0v) is 20.0. The summed E-state index contributed by atoms with van der Waals surface area (Å²) < 4.78 is 26.3. The lowest BCUT2D eigenvalue weighted by atomic mass is 10.1. The molecule has 0 aliphatic carbocycles. The monoisotopic (exact) mass is 400 g/mol. The van der Waals surface area contributed by atoms with Crippen molar-refractivity contribution in [3.8, 4) is 0 Å². The van der Waals surface area contributed by atoms with E-state index < -0.39 is 39.3 Å². The summed E-state index contributed by atoms with van der Waals surface area (Å²) in [6.45, 7) is 28.2. The summed E-state index contributed by atoms with van der Waals surface area (Å²) in [6.07, 6.45) is 7.31. The third-order valence-corrected chi connectivity index (χ3v) is 21.1. The van der Waals surface area contributed by atoms with Crippen LogP contribution >= 0.6 is 0 Å². The van der Waals surface area contributed by atoms with Crippen molar-refractivity contribution < 1.29 is 16.5 Å². The minimum atomic E-state index is -2.95. The summed E-state index contributed by atoms with van der Waals surface area (Å²) in [5.74, 6) is 0. The first-order valence-corrected chi connectivity index (χ1v) is 18.6. The van der Waals surface area contributed by atoms with E-state index in [1.54, 1.807) is 0 Å². The highest BCUT2D eigenvalue weighted by Gasteiger charge is 2.61. The van der Waals surface area contributed by atoms with Crippen molar-refractivity contribution >= 4 is 34.2 Å². The van der Waals surface area contributed by atoms with Gasteiger partial charge in [-0.3, -0.25) is 0 Å². The standard InChI is InChI=1S/C16H32O4Si4/c1-11-15-24(16(12-2,13-3)14-4)19-22(7,8)17-21(5,6)18-23(9,10)20-24/h11-14H,1-4,15H2,5-10H3. The summed E-state index contributed by atoms with van der Waals surface area (Å²) in [6, 6.07) is 0.582. The summed E-state index contributed by atoms with van der Waals surface area (Å²) in [5, 5.41) is -0.647. The van der Waals surface area contributed by atoms with Gasteiger partial charge in [0.25, 0.3) is 0 Å². The van der Waals surface area contributed by atoms with E-state index in [9.17, 15) is 0 Å². The van der Waals surface area contributed by atoms with Gasteiger partial charge in [0, 0.05) is 6.04 Å². The lowest BCUT2D eigenvalue weighted by molar-refractivity contribution is 0.225. The molecule has 0 aromatic heterocycles. The molecule has 24 heavy (non-hydrogen) atoms. The van der Waals surface area contributed by atoms with Gasteiger partial charge in [0.2, 0.25) is 0 Å². The van der Waals surface area contributed by atoms with E-state index in [1.807, 2.05) is 63.6 Å². The minimum Gasteiger partial charge on any atom is -0.416 e. The maximum Gasteiger partial charge on any atom is 0.342 e. The van der Waals surface area contributed by atoms with Crippen LogP contribution in [0.3, 0.4) is 0 Å². The molecule has 1 aliphatic heterocycles. The van der Waals surface area contributed by atoms with Gasteiger partial charge in [-0.15, -0.1) is 26.3 Å². The molecule has 0 N–H and O–H groups in total. The van der Waals surface area contributed by atoms with Crippen molar-refractivity contribution in [3.05, 3.63) is 50.6 Å². The Labute approximate surface area is 151 Å². The van der Waals surface area contributed by atoms with Crippen LogP contribution in [-0.2, 0) is 16.5 Å². The first kappa shape index (κ1) is 21.7. The third-order valence-electron chi connectivity index (χ3n) is 3.89. The maximum absolute atomic E-state index is 6.75. The highest BCUT2D eigenvalue weighted by Crippen LogP contribution is 2.49. The quantitative estimate of drug-likeness (QED) is 0.459. The molecule has 0 amide bonds. The molecule has 8 heteroatoms. The van der Waals surface area contributed by atoms with Gasteiger partial charge in [-0.1, -0.05) is 24.3 Å². The van der Waals surface area contributed by atoms with Crippen molar-refractivity contribution in [2.75, 3.05) is 0 Å². The van der Waals surface area contributed by atoms with Crippen LogP contribution in [-0.4, -0.2) is 34.2 Å². The van der Waals surface area contributed by atoms with E-state index >= 15 is 0 Å². The van der Waals surface area contributed by atoms with Gasteiger partial charge in [-0.05, 0) is 39.3 Å². The van der Waals surface area contributed by atoms with Crippen LogP contribution in [0.1, 0.15) is 0 Å². The van der Waals surface area contributed by atoms with Gasteiger partial charge >= 0.3 is 34.2 Å². The molecule has 0 bridgehead atoms. The number of rotatable bonds is 6. The molecule has 0 unspecified atom stereocenters. The second kappa shape index (κ2) is 7.12. The highest BCUT2D eigenvalue weighted by atomic mass is 28.5. The molecule has 1 fully saturated rings. The van der Waals surface area contributed by atoms with Crippen LogP contribution in [0.15, 0.2) is 50.6 Å². The molecule has 0 aromatic rings. The molecule has 0 saturated carbocycles. The Bertz CT molecular complexity index is 484. The van der Waals surface area contributed by atoms with Crippen molar-refractivity contribution in [3.63, 3.8) is 0 Å². The lowest BCUT2D eigenvalue weighted by Gasteiger charge is -2.53. The molecule has 136 valence electrons. The van der Waals surface area contributed by atoms with E-state index in [0.29, 0.717) is 6.04 Å². The van der Waals surface area contributed by atoms with Crippen LogP contribution in [0.2, 0.25) is 50.4 Å². The van der Waals surface area contributed by atoms with Crippen molar-refractivity contribution in [1.82, 2.24) is 0 Å². The molecule has 0 aromatic carbocycles. The minimum absolute atomic E-state index is 0.582. The molecule has 1 aliphatic rings. The molecule has 1 heterocycles. The molecular weight excluding hydrogens is 369 g/mol. The number of hydrogen-bond donors (Lipinski definition) is 0. The molecule has 1 saturated heterocycles. The molecule has 0 radical (unpaired) electrons. The van der Waals surface area contributed by atoms with Crippen LogP contribution in [0.25, 0.3) is 0 Å². The smallest absolute Gasteiger partial charge is 0.342 e. The lowest BCUT2D eigenvalue weighted by Crippen LogP contribution is -2.68. The second-order valence-corrected chi connectivity index (χ2v) is 21.8. The molecule has 4 nitrogen and oxygen atoms in total. The van der Waals surface area contributed by atoms with Crippen LogP contribution in [0, 0.1) is 0 Å².